The normalized spacial score (nSPS) is 26.2. The highest BCUT2D eigenvalue weighted by Gasteiger charge is 2.53. The Labute approximate surface area is 252 Å². The number of nitrogens with zero attached hydrogens (tertiary/aromatic N) is 3. The Hall–Kier alpha value is -4.20. The van der Waals surface area contributed by atoms with Crippen molar-refractivity contribution in [1.29, 1.82) is 0 Å². The molecule has 2 aromatic rings. The minimum atomic E-state index is -5.08. The number of aromatic nitrogens is 1. The molecule has 238 valence electrons. The number of ether oxygens (including phenoxy) is 2. The van der Waals surface area contributed by atoms with Crippen LogP contribution >= 0.6 is 0 Å². The molecule has 2 amide bonds. The van der Waals surface area contributed by atoms with Crippen LogP contribution in [0.5, 0.6) is 5.75 Å². The van der Waals surface area contributed by atoms with Crippen LogP contribution < -0.4 is 15.8 Å². The lowest BCUT2D eigenvalue weighted by atomic mass is 9.88. The molecular formula is C30H36F3N5O6. The zero-order valence-corrected chi connectivity index (χ0v) is 24.8. The van der Waals surface area contributed by atoms with E-state index >= 15 is 0 Å². The van der Waals surface area contributed by atoms with Gasteiger partial charge in [-0.2, -0.15) is 13.2 Å². The van der Waals surface area contributed by atoms with Gasteiger partial charge >= 0.3 is 12.1 Å². The Kier molecular flexibility index (Phi) is 9.24. The van der Waals surface area contributed by atoms with Crippen LogP contribution in [0.15, 0.2) is 53.8 Å². The van der Waals surface area contributed by atoms with Gasteiger partial charge in [0.1, 0.15) is 11.4 Å². The number of halogens is 3. The third kappa shape index (κ3) is 7.47. The van der Waals surface area contributed by atoms with Crippen molar-refractivity contribution in [2.75, 3.05) is 13.7 Å². The third-order valence-electron chi connectivity index (χ3n) is 7.70. The van der Waals surface area contributed by atoms with E-state index in [0.717, 1.165) is 16.9 Å². The summed E-state index contributed by atoms with van der Waals surface area (Å²) >= 11 is 0. The lowest BCUT2D eigenvalue weighted by Crippen LogP contribution is -2.52. The van der Waals surface area contributed by atoms with E-state index in [1.165, 1.54) is 0 Å². The van der Waals surface area contributed by atoms with Crippen LogP contribution in [-0.4, -0.2) is 69.8 Å². The number of aliphatic carboxylic acids is 1. The van der Waals surface area contributed by atoms with E-state index in [2.05, 4.69) is 15.3 Å². The minimum Gasteiger partial charge on any atom is -0.485 e. The number of carboxylic acid groups (broad SMARTS) is 1. The number of rotatable bonds is 7. The number of guanidine groups is 1. The molecule has 0 radical (unpaired) electrons. The first-order chi connectivity index (χ1) is 20.5. The van der Waals surface area contributed by atoms with E-state index < -0.39 is 29.3 Å². The largest absolute Gasteiger partial charge is 0.490 e. The number of hydrogen-bond acceptors (Lipinski definition) is 8. The second kappa shape index (κ2) is 12.4. The van der Waals surface area contributed by atoms with Gasteiger partial charge in [-0.25, -0.2) is 9.79 Å². The van der Waals surface area contributed by atoms with Crippen molar-refractivity contribution < 1.29 is 42.1 Å². The first kappa shape index (κ1) is 32.7. The van der Waals surface area contributed by atoms with E-state index in [1.807, 2.05) is 57.2 Å². The minimum absolute atomic E-state index is 0.0411. The Balaban J connectivity index is 0.000000566. The van der Waals surface area contributed by atoms with Crippen molar-refractivity contribution >= 4 is 23.7 Å². The van der Waals surface area contributed by atoms with Gasteiger partial charge < -0.3 is 25.6 Å². The molecule has 5 atom stereocenters. The molecule has 1 aromatic heterocycles. The van der Waals surface area contributed by atoms with Crippen molar-refractivity contribution in [2.45, 2.75) is 69.4 Å². The van der Waals surface area contributed by atoms with Crippen molar-refractivity contribution in [2.24, 2.45) is 22.6 Å². The van der Waals surface area contributed by atoms with Gasteiger partial charge in [-0.1, -0.05) is 24.3 Å². The molecule has 44 heavy (non-hydrogen) atoms. The van der Waals surface area contributed by atoms with Crippen molar-refractivity contribution in [3.63, 3.8) is 0 Å². The molecule has 14 heteroatoms. The molecule has 0 bridgehead atoms. The fourth-order valence-corrected chi connectivity index (χ4v) is 5.80. The van der Waals surface area contributed by atoms with Gasteiger partial charge in [0.05, 0.1) is 30.7 Å². The summed E-state index contributed by atoms with van der Waals surface area (Å²) in [7, 11) is 1.65. The number of carbonyl (C=O) groups is 3. The standard InChI is InChI=1S/C28H35N5O4.C2HF3O2/c1-27(2)14-23(34)33(26(29)32-27)24(17-8-7-11-30-15-17)19-12-20(19)25(35)31-21-13-28(3,16-36-4)37-22-10-6-5-9-18(21)22;3-2(4,5)1(6)7/h5-11,15,19-21,24H,12-14,16H2,1-4H3,(H2,29,32)(H,31,35);(H,6,7)/t19-,20-,21?,24-,28?;/m1./s1. The Bertz CT molecular complexity index is 1420. The highest BCUT2D eigenvalue weighted by Crippen LogP contribution is 2.51. The number of benzene rings is 1. The summed E-state index contributed by atoms with van der Waals surface area (Å²) in [6.07, 6.45) is -0.164. The average Bonchev–Trinajstić information content (AvgIpc) is 3.71. The second-order valence-corrected chi connectivity index (χ2v) is 12.1. The topological polar surface area (TPSA) is 156 Å². The average molecular weight is 620 g/mol. The van der Waals surface area contributed by atoms with Crippen LogP contribution in [0, 0.1) is 11.8 Å². The number of fused-ring (bicyclic) bond motifs is 1. The zero-order chi connectivity index (χ0) is 32.4. The van der Waals surface area contributed by atoms with Crippen LogP contribution in [-0.2, 0) is 19.1 Å². The number of carboxylic acids is 1. The van der Waals surface area contributed by atoms with Crippen LogP contribution in [0.4, 0.5) is 13.2 Å². The number of nitrogens with one attached hydrogen (secondary N) is 1. The predicted molar refractivity (Wildman–Crippen MR) is 152 cm³/mol. The molecule has 2 aliphatic heterocycles. The maximum atomic E-state index is 13.6. The van der Waals surface area contributed by atoms with Crippen molar-refractivity contribution in [1.82, 2.24) is 15.2 Å². The number of nitrogens with two attached hydrogens (primary N) is 1. The molecule has 1 aliphatic carbocycles. The summed E-state index contributed by atoms with van der Waals surface area (Å²) in [4.78, 5) is 46.1. The van der Waals surface area contributed by atoms with Gasteiger partial charge in [-0.15, -0.1) is 0 Å². The first-order valence-corrected chi connectivity index (χ1v) is 14.0. The van der Waals surface area contributed by atoms with E-state index in [1.54, 1.807) is 24.4 Å². The molecular weight excluding hydrogens is 583 g/mol. The molecule has 1 saturated carbocycles. The fraction of sp³-hybridized carbons (Fsp3) is 0.500. The van der Waals surface area contributed by atoms with Gasteiger partial charge in [0.2, 0.25) is 11.8 Å². The maximum absolute atomic E-state index is 13.6. The van der Waals surface area contributed by atoms with Gasteiger partial charge in [0, 0.05) is 37.4 Å². The summed E-state index contributed by atoms with van der Waals surface area (Å²) in [5.74, 6) is -2.30. The number of aliphatic imine (C=N–C) groups is 1. The Morgan fingerprint density at radius 2 is 1.91 bits per heavy atom. The summed E-state index contributed by atoms with van der Waals surface area (Å²) in [6, 6.07) is 10.9. The number of pyridine rings is 1. The van der Waals surface area contributed by atoms with Crippen molar-refractivity contribution in [3.8, 4) is 5.75 Å². The number of para-hydroxylation sites is 1. The quantitative estimate of drug-likeness (QED) is 0.423. The number of alkyl halides is 3. The van der Waals surface area contributed by atoms with Gasteiger partial charge in [0.15, 0.2) is 5.96 Å². The lowest BCUT2D eigenvalue weighted by molar-refractivity contribution is -0.192. The Morgan fingerprint density at radius 3 is 2.50 bits per heavy atom. The second-order valence-electron chi connectivity index (χ2n) is 12.1. The molecule has 0 spiro atoms. The summed E-state index contributed by atoms with van der Waals surface area (Å²) in [6.45, 7) is 6.19. The molecule has 11 nitrogen and oxygen atoms in total. The van der Waals surface area contributed by atoms with E-state index in [9.17, 15) is 22.8 Å². The molecule has 0 saturated heterocycles. The van der Waals surface area contributed by atoms with Crippen molar-refractivity contribution in [3.05, 3.63) is 59.9 Å². The number of carbonyl (C=O) groups excluding carboxylic acids is 2. The summed E-state index contributed by atoms with van der Waals surface area (Å²) < 4.78 is 43.4. The molecule has 1 fully saturated rings. The van der Waals surface area contributed by atoms with E-state index in [0.29, 0.717) is 19.4 Å². The lowest BCUT2D eigenvalue weighted by Gasteiger charge is -2.40. The Morgan fingerprint density at radius 1 is 1.23 bits per heavy atom. The molecule has 2 unspecified atom stereocenters. The first-order valence-electron chi connectivity index (χ1n) is 14.0. The molecule has 3 aliphatic rings. The monoisotopic (exact) mass is 619 g/mol. The molecule has 4 N–H and O–H groups in total. The van der Waals surface area contributed by atoms with E-state index in [4.69, 9.17) is 25.1 Å². The molecule has 3 heterocycles. The highest BCUT2D eigenvalue weighted by molar-refractivity contribution is 5.99. The van der Waals surface area contributed by atoms with Gasteiger partial charge in [-0.3, -0.25) is 19.5 Å². The van der Waals surface area contributed by atoms with Crippen LogP contribution in [0.25, 0.3) is 0 Å². The third-order valence-corrected chi connectivity index (χ3v) is 7.70. The van der Waals surface area contributed by atoms with E-state index in [-0.39, 0.29) is 42.1 Å². The zero-order valence-electron chi connectivity index (χ0n) is 24.8. The highest BCUT2D eigenvalue weighted by atomic mass is 19.4. The van der Waals surface area contributed by atoms with Gasteiger partial charge in [-0.05, 0) is 50.8 Å². The maximum Gasteiger partial charge on any atom is 0.490 e. The van der Waals surface area contributed by atoms with Crippen LogP contribution in [0.1, 0.15) is 63.2 Å². The summed E-state index contributed by atoms with van der Waals surface area (Å²) in [5.41, 5.74) is 7.03. The molecule has 1 aromatic carbocycles. The summed E-state index contributed by atoms with van der Waals surface area (Å²) in [5, 5.41) is 10.4. The van der Waals surface area contributed by atoms with Crippen LogP contribution in [0.3, 0.4) is 0 Å². The number of amides is 2. The number of methoxy groups -OCH3 is 1. The fourth-order valence-electron chi connectivity index (χ4n) is 5.80. The SMILES string of the molecule is COCC1(C)CC(NC(=O)[C@@H]2C[C@H]2[C@@H](c2cccnc2)N2C(=O)CC(C)(C)N=C2N)c2ccccc2O1.O=C(O)C(F)(F)F. The van der Waals surface area contributed by atoms with Gasteiger partial charge in [0.25, 0.3) is 0 Å². The predicted octanol–water partition coefficient (Wildman–Crippen LogP) is 3.76. The number of hydrogen-bond donors (Lipinski definition) is 3. The molecule has 5 rings (SSSR count). The van der Waals surface area contributed by atoms with Crippen LogP contribution in [0.2, 0.25) is 0 Å². The smallest absolute Gasteiger partial charge is 0.485 e.